The van der Waals surface area contributed by atoms with Gasteiger partial charge in [0, 0.05) is 12.8 Å². The van der Waals surface area contributed by atoms with Crippen molar-refractivity contribution in [2.75, 3.05) is 13.2 Å². The van der Waals surface area contributed by atoms with Gasteiger partial charge in [0.05, 0.1) is 13.2 Å². The summed E-state index contributed by atoms with van der Waals surface area (Å²) in [6.45, 7) is 1.49. The van der Waals surface area contributed by atoms with Crippen molar-refractivity contribution in [1.82, 2.24) is 0 Å². The first-order valence-corrected chi connectivity index (χ1v) is 6.59. The van der Waals surface area contributed by atoms with Crippen molar-refractivity contribution < 1.29 is 14.3 Å². The summed E-state index contributed by atoms with van der Waals surface area (Å²) in [5.41, 5.74) is 0. The molecule has 1 atom stereocenters. The van der Waals surface area contributed by atoms with E-state index in [2.05, 4.69) is 0 Å². The van der Waals surface area contributed by atoms with Crippen LogP contribution in [0.2, 0.25) is 0 Å². The molecule has 92 valence electrons. The van der Waals surface area contributed by atoms with E-state index in [0.29, 0.717) is 11.7 Å². The second-order valence-corrected chi connectivity index (χ2v) is 4.96. The van der Waals surface area contributed by atoms with Crippen LogP contribution in [-0.2, 0) is 14.3 Å². The second-order valence-electron chi connectivity index (χ2n) is 4.96. The highest BCUT2D eigenvalue weighted by Crippen LogP contribution is 2.26. The fraction of sp³-hybridized carbons (Fsp3) is 0.923. The topological polar surface area (TPSA) is 35.5 Å². The molecule has 0 radical (unpaired) electrons. The van der Waals surface area contributed by atoms with Crippen molar-refractivity contribution >= 4 is 5.78 Å². The third-order valence-electron chi connectivity index (χ3n) is 3.58. The first-order valence-electron chi connectivity index (χ1n) is 6.59. The number of hydrogen-bond acceptors (Lipinski definition) is 3. The molecule has 0 aromatic heterocycles. The van der Waals surface area contributed by atoms with Gasteiger partial charge in [-0.2, -0.15) is 0 Å². The predicted molar refractivity (Wildman–Crippen MR) is 61.1 cm³/mol. The summed E-state index contributed by atoms with van der Waals surface area (Å²) in [6, 6.07) is 0. The minimum atomic E-state index is 0.0291. The van der Waals surface area contributed by atoms with Crippen molar-refractivity contribution in [1.29, 1.82) is 0 Å². The van der Waals surface area contributed by atoms with Crippen LogP contribution in [0, 0.1) is 5.92 Å². The molecule has 3 heteroatoms. The number of carbonyl (C=O) groups is 1. The molecule has 0 aromatic carbocycles. The Kier molecular flexibility index (Phi) is 4.79. The van der Waals surface area contributed by atoms with Gasteiger partial charge < -0.3 is 9.47 Å². The fourth-order valence-corrected chi connectivity index (χ4v) is 2.67. The van der Waals surface area contributed by atoms with Gasteiger partial charge in [0.25, 0.3) is 0 Å². The van der Waals surface area contributed by atoms with Crippen molar-refractivity contribution in [3.05, 3.63) is 0 Å². The van der Waals surface area contributed by atoms with Crippen LogP contribution in [-0.4, -0.2) is 25.3 Å². The Bertz CT molecular complexity index is 221. The molecule has 1 unspecified atom stereocenters. The molecule has 16 heavy (non-hydrogen) atoms. The average Bonchev–Trinajstić information content (AvgIpc) is 2.69. The van der Waals surface area contributed by atoms with Crippen LogP contribution in [0.25, 0.3) is 0 Å². The largest absolute Gasteiger partial charge is 0.350 e. The SMILES string of the molecule is O=C1CCCCC(CCCC2OCCO2)C1. The van der Waals surface area contributed by atoms with E-state index in [1.54, 1.807) is 0 Å². The molecule has 2 aliphatic rings. The van der Waals surface area contributed by atoms with Crippen molar-refractivity contribution in [3.8, 4) is 0 Å². The van der Waals surface area contributed by atoms with E-state index in [1.807, 2.05) is 0 Å². The molecule has 2 rings (SSSR count). The Morgan fingerprint density at radius 2 is 1.94 bits per heavy atom. The maximum Gasteiger partial charge on any atom is 0.157 e. The molecule has 0 amide bonds. The van der Waals surface area contributed by atoms with Crippen LogP contribution in [0.5, 0.6) is 0 Å². The number of hydrogen-bond donors (Lipinski definition) is 0. The average molecular weight is 226 g/mol. The van der Waals surface area contributed by atoms with Gasteiger partial charge in [0.2, 0.25) is 0 Å². The molecule has 2 fully saturated rings. The van der Waals surface area contributed by atoms with Gasteiger partial charge in [-0.25, -0.2) is 0 Å². The van der Waals surface area contributed by atoms with E-state index in [9.17, 15) is 4.79 Å². The van der Waals surface area contributed by atoms with E-state index in [1.165, 1.54) is 12.8 Å². The van der Waals surface area contributed by atoms with Crippen LogP contribution in [0.15, 0.2) is 0 Å². The number of carbonyl (C=O) groups excluding carboxylic acids is 1. The molecule has 0 spiro atoms. The lowest BCUT2D eigenvalue weighted by Gasteiger charge is -2.14. The zero-order valence-corrected chi connectivity index (χ0v) is 9.95. The van der Waals surface area contributed by atoms with Gasteiger partial charge in [0.1, 0.15) is 5.78 Å². The Morgan fingerprint density at radius 3 is 2.75 bits per heavy atom. The molecule has 1 saturated carbocycles. The van der Waals surface area contributed by atoms with E-state index < -0.39 is 0 Å². The minimum Gasteiger partial charge on any atom is -0.350 e. The van der Waals surface area contributed by atoms with E-state index in [4.69, 9.17) is 9.47 Å². The van der Waals surface area contributed by atoms with Crippen LogP contribution in [0.3, 0.4) is 0 Å². The van der Waals surface area contributed by atoms with Gasteiger partial charge in [-0.05, 0) is 31.6 Å². The molecule has 0 aromatic rings. The van der Waals surface area contributed by atoms with Crippen LogP contribution in [0.1, 0.15) is 51.4 Å². The zero-order valence-electron chi connectivity index (χ0n) is 9.95. The Morgan fingerprint density at radius 1 is 1.12 bits per heavy atom. The van der Waals surface area contributed by atoms with Crippen molar-refractivity contribution in [3.63, 3.8) is 0 Å². The van der Waals surface area contributed by atoms with Crippen molar-refractivity contribution in [2.24, 2.45) is 5.92 Å². The summed E-state index contributed by atoms with van der Waals surface area (Å²) in [5.74, 6) is 1.09. The maximum atomic E-state index is 11.5. The van der Waals surface area contributed by atoms with Crippen molar-refractivity contribution in [2.45, 2.75) is 57.7 Å². The van der Waals surface area contributed by atoms with Crippen LogP contribution < -0.4 is 0 Å². The number of ketones is 1. The highest BCUT2D eigenvalue weighted by Gasteiger charge is 2.19. The molecule has 0 N–H and O–H groups in total. The number of rotatable bonds is 4. The normalized spacial score (nSPS) is 28.2. The van der Waals surface area contributed by atoms with Gasteiger partial charge >= 0.3 is 0 Å². The Labute approximate surface area is 97.5 Å². The minimum absolute atomic E-state index is 0.0291. The molecule has 1 aliphatic heterocycles. The van der Waals surface area contributed by atoms with Crippen LogP contribution in [0.4, 0.5) is 0 Å². The lowest BCUT2D eigenvalue weighted by molar-refractivity contribution is -0.119. The quantitative estimate of drug-likeness (QED) is 0.691. The second kappa shape index (κ2) is 6.36. The third kappa shape index (κ3) is 3.87. The van der Waals surface area contributed by atoms with E-state index in [-0.39, 0.29) is 6.29 Å². The monoisotopic (exact) mass is 226 g/mol. The first-order chi connectivity index (χ1) is 7.84. The van der Waals surface area contributed by atoms with Gasteiger partial charge in [-0.15, -0.1) is 0 Å². The highest BCUT2D eigenvalue weighted by molar-refractivity contribution is 5.78. The molecule has 1 aliphatic carbocycles. The summed E-state index contributed by atoms with van der Waals surface area (Å²) in [6.07, 6.45) is 8.50. The summed E-state index contributed by atoms with van der Waals surface area (Å²) in [4.78, 5) is 11.5. The summed E-state index contributed by atoms with van der Waals surface area (Å²) in [5, 5.41) is 0. The molecule has 1 saturated heterocycles. The fourth-order valence-electron chi connectivity index (χ4n) is 2.67. The van der Waals surface area contributed by atoms with E-state index in [0.717, 1.165) is 51.7 Å². The Balaban J connectivity index is 1.62. The smallest absolute Gasteiger partial charge is 0.157 e. The third-order valence-corrected chi connectivity index (χ3v) is 3.58. The number of Topliss-reactive ketones (excluding diaryl/α,β-unsaturated/α-hetero) is 1. The maximum absolute atomic E-state index is 11.5. The molecule has 3 nitrogen and oxygen atoms in total. The van der Waals surface area contributed by atoms with Gasteiger partial charge in [-0.1, -0.05) is 12.8 Å². The summed E-state index contributed by atoms with van der Waals surface area (Å²) < 4.78 is 10.8. The highest BCUT2D eigenvalue weighted by atomic mass is 16.7. The van der Waals surface area contributed by atoms with Gasteiger partial charge in [-0.3, -0.25) is 4.79 Å². The predicted octanol–water partition coefficient (Wildman–Crippen LogP) is 2.68. The standard InChI is InChI=1S/C13H22O3/c14-12-6-2-1-4-11(10-12)5-3-7-13-15-8-9-16-13/h11,13H,1-10H2. The molecular formula is C13H22O3. The first kappa shape index (κ1) is 12.1. The van der Waals surface area contributed by atoms with E-state index >= 15 is 0 Å². The summed E-state index contributed by atoms with van der Waals surface area (Å²) in [7, 11) is 0. The molecular weight excluding hydrogens is 204 g/mol. The molecule has 0 bridgehead atoms. The van der Waals surface area contributed by atoms with Crippen LogP contribution >= 0.6 is 0 Å². The lowest BCUT2D eigenvalue weighted by atomic mass is 9.94. The summed E-state index contributed by atoms with van der Waals surface area (Å²) >= 11 is 0. The molecule has 1 heterocycles. The lowest BCUT2D eigenvalue weighted by Crippen LogP contribution is -2.10. The van der Waals surface area contributed by atoms with Gasteiger partial charge in [0.15, 0.2) is 6.29 Å². The zero-order chi connectivity index (χ0) is 11.2. The Hall–Kier alpha value is -0.410. The number of ether oxygens (including phenoxy) is 2.